The average molecular weight is 638 g/mol. The molecule has 0 saturated carbocycles. The van der Waals surface area contributed by atoms with E-state index in [0.717, 1.165) is 58.8 Å². The predicted molar refractivity (Wildman–Crippen MR) is 184 cm³/mol. The van der Waals surface area contributed by atoms with Crippen molar-refractivity contribution in [1.82, 2.24) is 4.57 Å². The van der Waals surface area contributed by atoms with Gasteiger partial charge in [0.1, 0.15) is 10.6 Å². The Bertz CT molecular complexity index is 1900. The van der Waals surface area contributed by atoms with E-state index in [4.69, 9.17) is 17.0 Å². The minimum Gasteiger partial charge on any atom is -0.462 e. The average Bonchev–Trinajstić information content (AvgIpc) is 3.53. The molecule has 4 aromatic rings. The molecule has 2 amide bonds. The Labute approximate surface area is 272 Å². The smallest absolute Gasteiger partial charge is 0.341 e. The summed E-state index contributed by atoms with van der Waals surface area (Å²) in [6.45, 7) is 10.0. The molecule has 0 bridgehead atoms. The Balaban J connectivity index is 1.50. The lowest BCUT2D eigenvalue weighted by atomic mass is 9.95. The highest BCUT2D eigenvalue weighted by Gasteiger charge is 2.41. The summed E-state index contributed by atoms with van der Waals surface area (Å²) in [4.78, 5) is 45.7. The summed E-state index contributed by atoms with van der Waals surface area (Å²) < 4.78 is 7.57. The fraction of sp³-hybridized carbons (Fsp3) is 0.278. The Hall–Kier alpha value is -4.34. The van der Waals surface area contributed by atoms with E-state index in [2.05, 4.69) is 4.57 Å². The Morgan fingerprint density at radius 2 is 1.60 bits per heavy atom. The molecule has 1 aliphatic heterocycles. The third kappa shape index (κ3) is 5.34. The SMILES string of the molecule is CCOC(=O)c1c(-n2c(C)cc(/C=C3\C(=O)N(c4ccccc4)C(=S)N(c4ccc(C)c(C)c4)C3=O)c2C)sc2c1CCCC2. The number of thiophene rings is 1. The first kappa shape index (κ1) is 30.7. The van der Waals surface area contributed by atoms with Gasteiger partial charge in [0.2, 0.25) is 0 Å². The summed E-state index contributed by atoms with van der Waals surface area (Å²) in [5.74, 6) is -1.28. The van der Waals surface area contributed by atoms with Gasteiger partial charge in [-0.1, -0.05) is 24.3 Å². The largest absolute Gasteiger partial charge is 0.462 e. The van der Waals surface area contributed by atoms with Crippen LogP contribution in [0.4, 0.5) is 11.4 Å². The van der Waals surface area contributed by atoms with Gasteiger partial charge in [-0.3, -0.25) is 19.4 Å². The first-order valence-corrected chi connectivity index (χ1v) is 16.4. The van der Waals surface area contributed by atoms with Crippen molar-refractivity contribution in [2.75, 3.05) is 16.4 Å². The number of nitrogens with zero attached hydrogens (tertiary/aromatic N) is 3. The third-order valence-electron chi connectivity index (χ3n) is 8.62. The molecule has 1 saturated heterocycles. The second-order valence-electron chi connectivity index (χ2n) is 11.5. The van der Waals surface area contributed by atoms with Crippen LogP contribution in [0.1, 0.15) is 68.6 Å². The summed E-state index contributed by atoms with van der Waals surface area (Å²) in [7, 11) is 0. The number of anilines is 2. The van der Waals surface area contributed by atoms with Crippen LogP contribution in [0.5, 0.6) is 0 Å². The number of carbonyl (C=O) groups is 3. The minimum atomic E-state index is -0.486. The molecular weight excluding hydrogens is 603 g/mol. The molecule has 2 aromatic heterocycles. The maximum atomic E-state index is 14.2. The number of ether oxygens (including phenoxy) is 1. The molecule has 2 aliphatic rings. The number of fused-ring (bicyclic) bond motifs is 1. The second-order valence-corrected chi connectivity index (χ2v) is 12.9. The highest BCUT2D eigenvalue weighted by atomic mass is 32.1. The Kier molecular flexibility index (Phi) is 8.33. The quantitative estimate of drug-likeness (QED) is 0.0944. The zero-order valence-corrected chi connectivity index (χ0v) is 27.7. The van der Waals surface area contributed by atoms with Crippen LogP contribution in [0.3, 0.4) is 0 Å². The highest BCUT2D eigenvalue weighted by molar-refractivity contribution is 7.81. The molecule has 2 aromatic carbocycles. The van der Waals surface area contributed by atoms with Gasteiger partial charge in [-0.2, -0.15) is 0 Å². The molecule has 0 atom stereocenters. The number of amides is 2. The van der Waals surface area contributed by atoms with Crippen molar-refractivity contribution in [3.63, 3.8) is 0 Å². The topological polar surface area (TPSA) is 71.8 Å². The summed E-state index contributed by atoms with van der Waals surface area (Å²) in [6, 6.07) is 16.8. The van der Waals surface area contributed by atoms with Crippen LogP contribution in [0.2, 0.25) is 0 Å². The van der Waals surface area contributed by atoms with E-state index < -0.39 is 11.8 Å². The lowest BCUT2D eigenvalue weighted by Gasteiger charge is -2.36. The lowest BCUT2D eigenvalue weighted by Crippen LogP contribution is -2.57. The molecule has 6 rings (SSSR count). The van der Waals surface area contributed by atoms with Crippen molar-refractivity contribution in [2.45, 2.75) is 60.3 Å². The Morgan fingerprint density at radius 1 is 0.911 bits per heavy atom. The van der Waals surface area contributed by atoms with E-state index in [1.54, 1.807) is 29.5 Å². The normalized spacial score (nSPS) is 16.0. The van der Waals surface area contributed by atoms with Crippen molar-refractivity contribution in [3.8, 4) is 5.00 Å². The molecule has 1 fully saturated rings. The van der Waals surface area contributed by atoms with E-state index in [-0.39, 0.29) is 16.7 Å². The van der Waals surface area contributed by atoms with E-state index in [1.807, 2.05) is 77.1 Å². The van der Waals surface area contributed by atoms with Gasteiger partial charge in [0.15, 0.2) is 5.11 Å². The molecule has 0 radical (unpaired) electrons. The van der Waals surface area contributed by atoms with Crippen molar-refractivity contribution < 1.29 is 19.1 Å². The highest BCUT2D eigenvalue weighted by Crippen LogP contribution is 2.40. The molecule has 1 aliphatic carbocycles. The third-order valence-corrected chi connectivity index (χ3v) is 10.3. The van der Waals surface area contributed by atoms with Gasteiger partial charge in [0.25, 0.3) is 11.8 Å². The fourth-order valence-electron chi connectivity index (χ4n) is 6.15. The van der Waals surface area contributed by atoms with Crippen LogP contribution in [0.25, 0.3) is 11.1 Å². The Morgan fingerprint density at radius 3 is 2.29 bits per heavy atom. The summed E-state index contributed by atoms with van der Waals surface area (Å²) in [5, 5.41) is 0.926. The minimum absolute atomic E-state index is 0.00187. The van der Waals surface area contributed by atoms with Gasteiger partial charge in [-0.25, -0.2) is 4.79 Å². The van der Waals surface area contributed by atoms with Crippen molar-refractivity contribution in [1.29, 1.82) is 0 Å². The zero-order chi connectivity index (χ0) is 32.0. The number of hydrogen-bond acceptors (Lipinski definition) is 6. The van der Waals surface area contributed by atoms with Crippen LogP contribution in [0.15, 0.2) is 60.2 Å². The first-order valence-electron chi connectivity index (χ1n) is 15.2. The number of thiocarbonyl (C=S) groups is 1. The number of carbonyl (C=O) groups excluding carboxylic acids is 3. The molecule has 7 nitrogen and oxygen atoms in total. The number of rotatable bonds is 6. The molecule has 45 heavy (non-hydrogen) atoms. The van der Waals surface area contributed by atoms with E-state index in [1.165, 1.54) is 14.7 Å². The number of aromatic nitrogens is 1. The van der Waals surface area contributed by atoms with Gasteiger partial charge in [0, 0.05) is 16.3 Å². The lowest BCUT2D eigenvalue weighted by molar-refractivity contribution is -0.120. The van der Waals surface area contributed by atoms with Crippen molar-refractivity contribution in [2.24, 2.45) is 0 Å². The number of hydrogen-bond donors (Lipinski definition) is 0. The zero-order valence-electron chi connectivity index (χ0n) is 26.1. The number of benzene rings is 2. The predicted octanol–water partition coefficient (Wildman–Crippen LogP) is 7.58. The maximum absolute atomic E-state index is 14.2. The van der Waals surface area contributed by atoms with E-state index in [0.29, 0.717) is 29.1 Å². The van der Waals surface area contributed by atoms with Gasteiger partial charge >= 0.3 is 5.97 Å². The molecular formula is C36H35N3O4S2. The summed E-state index contributed by atoms with van der Waals surface area (Å²) >= 11 is 7.44. The number of aryl methyl sites for hydroxylation is 4. The fourth-order valence-corrected chi connectivity index (χ4v) is 8.02. The van der Waals surface area contributed by atoms with Gasteiger partial charge < -0.3 is 9.30 Å². The van der Waals surface area contributed by atoms with Crippen LogP contribution in [-0.4, -0.2) is 34.1 Å². The molecule has 0 N–H and O–H groups in total. The van der Waals surface area contributed by atoms with Crippen molar-refractivity contribution >= 4 is 63.9 Å². The molecule has 0 unspecified atom stereocenters. The number of esters is 1. The van der Waals surface area contributed by atoms with Gasteiger partial charge in [0.05, 0.1) is 23.5 Å². The molecule has 0 spiro atoms. The molecule has 230 valence electrons. The molecule has 9 heteroatoms. The maximum Gasteiger partial charge on any atom is 0.341 e. The van der Waals surface area contributed by atoms with E-state index in [9.17, 15) is 14.4 Å². The van der Waals surface area contributed by atoms with Crippen LogP contribution in [0, 0.1) is 27.7 Å². The molecule has 3 heterocycles. The van der Waals surface area contributed by atoms with Crippen molar-refractivity contribution in [3.05, 3.63) is 104 Å². The van der Waals surface area contributed by atoms with Crippen LogP contribution >= 0.6 is 23.6 Å². The second kappa shape index (κ2) is 12.2. The van der Waals surface area contributed by atoms with Crippen LogP contribution in [-0.2, 0) is 27.2 Å². The standard InChI is InChI=1S/C36H35N3O4S2/c1-6-43-35(42)31-28-14-10-11-15-30(28)45-34(31)37-23(4)19-25(24(37)5)20-29-32(40)38(26-12-8-7-9-13-26)36(44)39(33(29)41)27-17-16-21(2)22(3)18-27/h7-9,12-13,16-20H,6,10-11,14-15H2,1-5H3/b29-20+. The van der Waals surface area contributed by atoms with E-state index >= 15 is 0 Å². The first-order chi connectivity index (χ1) is 21.6. The summed E-state index contributed by atoms with van der Waals surface area (Å²) in [6.07, 6.45) is 5.58. The number of para-hydroxylation sites is 1. The monoisotopic (exact) mass is 637 g/mol. The summed E-state index contributed by atoms with van der Waals surface area (Å²) in [5.41, 5.74) is 7.41. The van der Waals surface area contributed by atoms with Crippen LogP contribution < -0.4 is 9.80 Å². The van der Waals surface area contributed by atoms with Gasteiger partial charge in [-0.15, -0.1) is 11.3 Å². The van der Waals surface area contributed by atoms with Gasteiger partial charge in [-0.05, 0) is 131 Å².